The second kappa shape index (κ2) is 8.52. The predicted molar refractivity (Wildman–Crippen MR) is 92.9 cm³/mol. The third kappa shape index (κ3) is 5.41. The molecule has 0 bridgehead atoms. The van der Waals surface area contributed by atoms with Crippen LogP contribution in [-0.2, 0) is 9.59 Å². The van der Waals surface area contributed by atoms with E-state index in [0.29, 0.717) is 11.5 Å². The third-order valence-corrected chi connectivity index (χ3v) is 4.24. The number of methoxy groups -OCH3 is 1. The van der Waals surface area contributed by atoms with Gasteiger partial charge in [0.15, 0.2) is 0 Å². The Labute approximate surface area is 143 Å². The molecule has 24 heavy (non-hydrogen) atoms. The van der Waals surface area contributed by atoms with Gasteiger partial charge in [-0.05, 0) is 49.8 Å². The molecule has 0 saturated heterocycles. The van der Waals surface area contributed by atoms with Gasteiger partial charge in [0.1, 0.15) is 11.5 Å². The van der Waals surface area contributed by atoms with Crippen LogP contribution in [-0.4, -0.2) is 25.0 Å². The smallest absolute Gasteiger partial charge is 0.308 e. The molecule has 1 amide bonds. The number of rotatable bonds is 5. The molecule has 0 spiro atoms. The summed E-state index contributed by atoms with van der Waals surface area (Å²) >= 11 is 0. The molecule has 0 aliphatic heterocycles. The first-order chi connectivity index (χ1) is 11.5. The molecule has 2 rings (SSSR count). The monoisotopic (exact) mass is 331 g/mol. The summed E-state index contributed by atoms with van der Waals surface area (Å²) in [5.74, 6) is 1.23. The van der Waals surface area contributed by atoms with Crippen LogP contribution >= 0.6 is 0 Å². The highest BCUT2D eigenvalue weighted by molar-refractivity contribution is 5.92. The number of nitrogens with one attached hydrogen (secondary N) is 1. The lowest BCUT2D eigenvalue weighted by atomic mass is 9.87. The highest BCUT2D eigenvalue weighted by atomic mass is 16.5. The van der Waals surface area contributed by atoms with Crippen LogP contribution in [0.1, 0.15) is 45.1 Å². The van der Waals surface area contributed by atoms with E-state index in [2.05, 4.69) is 12.2 Å². The van der Waals surface area contributed by atoms with E-state index in [1.165, 1.54) is 33.0 Å². The van der Waals surface area contributed by atoms with Gasteiger partial charge < -0.3 is 14.8 Å². The van der Waals surface area contributed by atoms with Crippen molar-refractivity contribution < 1.29 is 19.1 Å². The van der Waals surface area contributed by atoms with E-state index >= 15 is 0 Å². The number of carbonyl (C=O) groups excluding carboxylic acids is 2. The maximum atomic E-state index is 12.1. The van der Waals surface area contributed by atoms with Gasteiger partial charge in [0.05, 0.1) is 7.11 Å². The van der Waals surface area contributed by atoms with Crippen molar-refractivity contribution in [2.45, 2.75) is 45.6 Å². The first-order valence-electron chi connectivity index (χ1n) is 8.33. The standard InChI is InChI=1S/C19H25NO4/c1-13-4-8-16(9-5-13)20-19(22)11-7-15-6-10-17(24-14(2)21)12-18(15)23-3/h6-7,10-13,16H,4-5,8-9H2,1-3H3,(H,20,22). The van der Waals surface area contributed by atoms with Gasteiger partial charge in [-0.1, -0.05) is 6.92 Å². The number of hydrogen-bond donors (Lipinski definition) is 1. The van der Waals surface area contributed by atoms with E-state index < -0.39 is 0 Å². The molecule has 1 N–H and O–H groups in total. The summed E-state index contributed by atoms with van der Waals surface area (Å²) in [6, 6.07) is 5.32. The molecule has 1 aromatic rings. The van der Waals surface area contributed by atoms with Gasteiger partial charge >= 0.3 is 5.97 Å². The first kappa shape index (κ1) is 18.0. The molecular weight excluding hydrogens is 306 g/mol. The topological polar surface area (TPSA) is 64.6 Å². The lowest BCUT2D eigenvalue weighted by Crippen LogP contribution is -2.36. The average molecular weight is 331 g/mol. The zero-order valence-electron chi connectivity index (χ0n) is 14.5. The van der Waals surface area contributed by atoms with E-state index in [1.807, 2.05) is 0 Å². The fourth-order valence-corrected chi connectivity index (χ4v) is 2.88. The quantitative estimate of drug-likeness (QED) is 0.511. The van der Waals surface area contributed by atoms with Crippen molar-refractivity contribution in [3.8, 4) is 11.5 Å². The Hall–Kier alpha value is -2.30. The molecule has 130 valence electrons. The summed E-state index contributed by atoms with van der Waals surface area (Å²) in [5.41, 5.74) is 0.751. The van der Waals surface area contributed by atoms with Crippen LogP contribution in [0.4, 0.5) is 0 Å². The lowest BCUT2D eigenvalue weighted by Gasteiger charge is -2.26. The van der Waals surface area contributed by atoms with Crippen molar-refractivity contribution in [3.05, 3.63) is 29.8 Å². The number of amides is 1. The van der Waals surface area contributed by atoms with Gasteiger partial charge in [0.25, 0.3) is 0 Å². The SMILES string of the molecule is COc1cc(OC(C)=O)ccc1C=CC(=O)NC1CCC(C)CC1. The van der Waals surface area contributed by atoms with E-state index in [0.717, 1.165) is 24.3 Å². The van der Waals surface area contributed by atoms with Crippen LogP contribution in [0.25, 0.3) is 6.08 Å². The Morgan fingerprint density at radius 1 is 1.21 bits per heavy atom. The minimum absolute atomic E-state index is 0.0966. The van der Waals surface area contributed by atoms with Crippen LogP contribution in [0.2, 0.25) is 0 Å². The number of esters is 1. The van der Waals surface area contributed by atoms with Gasteiger partial charge in [-0.15, -0.1) is 0 Å². The molecule has 0 aromatic heterocycles. The maximum absolute atomic E-state index is 12.1. The Bertz CT molecular complexity index is 616. The lowest BCUT2D eigenvalue weighted by molar-refractivity contribution is -0.131. The van der Waals surface area contributed by atoms with Crippen molar-refractivity contribution in [1.29, 1.82) is 0 Å². The Kier molecular flexibility index (Phi) is 6.41. The molecule has 0 heterocycles. The van der Waals surface area contributed by atoms with Crippen molar-refractivity contribution >= 4 is 18.0 Å². The minimum Gasteiger partial charge on any atom is -0.496 e. The van der Waals surface area contributed by atoms with Gasteiger partial charge in [-0.3, -0.25) is 9.59 Å². The number of hydrogen-bond acceptors (Lipinski definition) is 4. The van der Waals surface area contributed by atoms with E-state index in [1.54, 1.807) is 24.3 Å². The van der Waals surface area contributed by atoms with Crippen LogP contribution in [0.5, 0.6) is 11.5 Å². The van der Waals surface area contributed by atoms with Gasteiger partial charge in [-0.25, -0.2) is 0 Å². The van der Waals surface area contributed by atoms with Crippen LogP contribution < -0.4 is 14.8 Å². The number of carbonyl (C=O) groups is 2. The second-order valence-electron chi connectivity index (χ2n) is 6.30. The molecule has 1 saturated carbocycles. The molecule has 0 unspecified atom stereocenters. The zero-order chi connectivity index (χ0) is 17.5. The third-order valence-electron chi connectivity index (χ3n) is 4.24. The molecule has 1 aliphatic rings. The predicted octanol–water partition coefficient (Wildman–Crippen LogP) is 3.33. The molecule has 1 aromatic carbocycles. The molecular formula is C19H25NO4. The normalized spacial score (nSPS) is 20.6. The van der Waals surface area contributed by atoms with Crippen LogP contribution in [0.15, 0.2) is 24.3 Å². The van der Waals surface area contributed by atoms with Crippen LogP contribution in [0, 0.1) is 5.92 Å². The summed E-state index contributed by atoms with van der Waals surface area (Å²) < 4.78 is 10.3. The fourth-order valence-electron chi connectivity index (χ4n) is 2.88. The molecule has 1 aliphatic carbocycles. The first-order valence-corrected chi connectivity index (χ1v) is 8.33. The molecule has 1 fully saturated rings. The van der Waals surface area contributed by atoms with Crippen molar-refractivity contribution in [1.82, 2.24) is 5.32 Å². The summed E-state index contributed by atoms with van der Waals surface area (Å²) in [6.07, 6.45) is 7.64. The highest BCUT2D eigenvalue weighted by Crippen LogP contribution is 2.26. The second-order valence-corrected chi connectivity index (χ2v) is 6.30. The van der Waals surface area contributed by atoms with E-state index in [4.69, 9.17) is 9.47 Å². The molecule has 5 nitrogen and oxygen atoms in total. The Morgan fingerprint density at radius 3 is 2.54 bits per heavy atom. The van der Waals surface area contributed by atoms with Crippen molar-refractivity contribution in [2.24, 2.45) is 5.92 Å². The average Bonchev–Trinajstić information content (AvgIpc) is 2.55. The zero-order valence-corrected chi connectivity index (χ0v) is 14.5. The Morgan fingerprint density at radius 2 is 1.92 bits per heavy atom. The van der Waals surface area contributed by atoms with Gasteiger partial charge in [0, 0.05) is 30.7 Å². The van der Waals surface area contributed by atoms with E-state index in [-0.39, 0.29) is 17.9 Å². The minimum atomic E-state index is -0.387. The number of ether oxygens (including phenoxy) is 2. The number of benzene rings is 1. The van der Waals surface area contributed by atoms with Gasteiger partial charge in [0.2, 0.25) is 5.91 Å². The summed E-state index contributed by atoms with van der Waals surface area (Å²) in [4.78, 5) is 23.1. The molecule has 5 heteroatoms. The van der Waals surface area contributed by atoms with Crippen LogP contribution in [0.3, 0.4) is 0 Å². The van der Waals surface area contributed by atoms with Gasteiger partial charge in [-0.2, -0.15) is 0 Å². The largest absolute Gasteiger partial charge is 0.496 e. The van der Waals surface area contributed by atoms with Crippen molar-refractivity contribution in [3.63, 3.8) is 0 Å². The summed E-state index contributed by atoms with van der Waals surface area (Å²) in [7, 11) is 1.54. The summed E-state index contributed by atoms with van der Waals surface area (Å²) in [5, 5.41) is 3.05. The van der Waals surface area contributed by atoms with E-state index in [9.17, 15) is 9.59 Å². The maximum Gasteiger partial charge on any atom is 0.308 e. The molecule has 0 atom stereocenters. The highest BCUT2D eigenvalue weighted by Gasteiger charge is 2.18. The Balaban J connectivity index is 1.97. The fraction of sp³-hybridized carbons (Fsp3) is 0.474. The molecule has 0 radical (unpaired) electrons. The summed E-state index contributed by atoms with van der Waals surface area (Å²) in [6.45, 7) is 3.60. The van der Waals surface area contributed by atoms with Crippen molar-refractivity contribution in [2.75, 3.05) is 7.11 Å².